The number of aryl methyl sites for hydroxylation is 1. The number of carboxylic acid groups (broad SMARTS) is 1. The molecule has 0 unspecified atom stereocenters. The van der Waals surface area contributed by atoms with Gasteiger partial charge in [0, 0.05) is 18.7 Å². The van der Waals surface area contributed by atoms with Crippen molar-refractivity contribution in [3.8, 4) is 0 Å². The van der Waals surface area contributed by atoms with Gasteiger partial charge in [0.15, 0.2) is 0 Å². The van der Waals surface area contributed by atoms with Crippen LogP contribution in [-0.4, -0.2) is 48.3 Å². The van der Waals surface area contributed by atoms with Crippen LogP contribution >= 0.6 is 0 Å². The SMILES string of the molecule is Cc1ccc(S(=O)(=O)N2CCCC2)cc1C(=O)NC1(C(=O)O)CCCCC1. The highest BCUT2D eigenvalue weighted by atomic mass is 32.2. The molecule has 2 fully saturated rings. The molecule has 0 bridgehead atoms. The summed E-state index contributed by atoms with van der Waals surface area (Å²) in [6.45, 7) is 2.69. The maximum Gasteiger partial charge on any atom is 0.329 e. The first kappa shape index (κ1) is 19.8. The van der Waals surface area contributed by atoms with Gasteiger partial charge >= 0.3 is 5.97 Å². The molecule has 1 aliphatic heterocycles. The Morgan fingerprint density at radius 1 is 1.07 bits per heavy atom. The van der Waals surface area contributed by atoms with E-state index in [1.807, 2.05) is 0 Å². The minimum Gasteiger partial charge on any atom is -0.480 e. The van der Waals surface area contributed by atoms with E-state index in [-0.39, 0.29) is 10.5 Å². The minimum atomic E-state index is -3.64. The summed E-state index contributed by atoms with van der Waals surface area (Å²) >= 11 is 0. The van der Waals surface area contributed by atoms with Crippen molar-refractivity contribution in [2.75, 3.05) is 13.1 Å². The van der Waals surface area contributed by atoms with Gasteiger partial charge in [0.25, 0.3) is 5.91 Å². The molecule has 148 valence electrons. The second-order valence-corrected chi connectivity index (χ2v) is 9.43. The lowest BCUT2D eigenvalue weighted by Gasteiger charge is -2.34. The van der Waals surface area contributed by atoms with Crippen molar-refractivity contribution in [2.24, 2.45) is 0 Å². The van der Waals surface area contributed by atoms with Crippen molar-refractivity contribution in [1.29, 1.82) is 0 Å². The van der Waals surface area contributed by atoms with Crippen LogP contribution in [0, 0.1) is 6.92 Å². The summed E-state index contributed by atoms with van der Waals surface area (Å²) in [4.78, 5) is 24.7. The molecule has 0 aromatic heterocycles. The molecule has 0 radical (unpaired) electrons. The predicted molar refractivity (Wildman–Crippen MR) is 100 cm³/mol. The van der Waals surface area contributed by atoms with Crippen LogP contribution in [0.5, 0.6) is 0 Å². The Morgan fingerprint density at radius 2 is 1.70 bits per heavy atom. The van der Waals surface area contributed by atoms with E-state index in [0.717, 1.165) is 32.1 Å². The number of carboxylic acids is 1. The first-order valence-electron chi connectivity index (χ1n) is 9.43. The average molecular weight is 394 g/mol. The normalized spacial score (nSPS) is 20.3. The minimum absolute atomic E-state index is 0.0770. The van der Waals surface area contributed by atoms with Gasteiger partial charge in [0.05, 0.1) is 4.90 Å². The van der Waals surface area contributed by atoms with E-state index in [0.29, 0.717) is 31.5 Å². The number of benzene rings is 1. The number of hydrogen-bond donors (Lipinski definition) is 2. The number of nitrogens with zero attached hydrogens (tertiary/aromatic N) is 1. The van der Waals surface area contributed by atoms with E-state index >= 15 is 0 Å². The Morgan fingerprint density at radius 3 is 2.30 bits per heavy atom. The molecule has 2 N–H and O–H groups in total. The smallest absolute Gasteiger partial charge is 0.329 e. The fourth-order valence-electron chi connectivity index (χ4n) is 3.92. The average Bonchev–Trinajstić information content (AvgIpc) is 3.18. The molecular formula is C19H26N2O5S. The maximum atomic E-state index is 12.9. The highest BCUT2D eigenvalue weighted by Gasteiger charge is 2.41. The molecule has 0 spiro atoms. The summed E-state index contributed by atoms with van der Waals surface area (Å²) in [5.41, 5.74) is -0.448. The number of sulfonamides is 1. The fourth-order valence-corrected chi connectivity index (χ4v) is 5.46. The number of nitrogens with one attached hydrogen (secondary N) is 1. The van der Waals surface area contributed by atoms with Crippen LogP contribution in [-0.2, 0) is 14.8 Å². The topological polar surface area (TPSA) is 104 Å². The number of amides is 1. The van der Waals surface area contributed by atoms with E-state index in [1.54, 1.807) is 13.0 Å². The van der Waals surface area contributed by atoms with Gasteiger partial charge < -0.3 is 10.4 Å². The van der Waals surface area contributed by atoms with Gasteiger partial charge in [0.2, 0.25) is 10.0 Å². The highest BCUT2D eigenvalue weighted by Crippen LogP contribution is 2.30. The molecule has 1 aromatic carbocycles. The highest BCUT2D eigenvalue weighted by molar-refractivity contribution is 7.89. The van der Waals surface area contributed by atoms with Crippen LogP contribution in [0.2, 0.25) is 0 Å². The molecule has 1 aromatic rings. The molecule has 7 nitrogen and oxygen atoms in total. The zero-order chi connectivity index (χ0) is 19.7. The standard InChI is InChI=1S/C19H26N2O5S/c1-14-7-8-15(27(25,26)21-11-5-6-12-21)13-16(14)17(22)20-19(18(23)24)9-3-2-4-10-19/h7-8,13H,2-6,9-12H2,1H3,(H,20,22)(H,23,24). The molecule has 8 heteroatoms. The van der Waals surface area contributed by atoms with Crippen molar-refractivity contribution >= 4 is 21.9 Å². The summed E-state index contributed by atoms with van der Waals surface area (Å²) in [7, 11) is -3.64. The van der Waals surface area contributed by atoms with E-state index in [4.69, 9.17) is 0 Å². The van der Waals surface area contributed by atoms with Gasteiger partial charge in [-0.05, 0) is 50.3 Å². The van der Waals surface area contributed by atoms with Crippen LogP contribution in [0.3, 0.4) is 0 Å². The van der Waals surface area contributed by atoms with Crippen LogP contribution in [0.4, 0.5) is 0 Å². The molecule has 0 atom stereocenters. The molecule has 1 amide bonds. The van der Waals surface area contributed by atoms with Crippen molar-refractivity contribution in [3.63, 3.8) is 0 Å². The summed E-state index contributed by atoms with van der Waals surface area (Å²) in [6, 6.07) is 4.48. The van der Waals surface area contributed by atoms with Gasteiger partial charge in [-0.2, -0.15) is 4.31 Å². The van der Waals surface area contributed by atoms with Crippen molar-refractivity contribution in [1.82, 2.24) is 9.62 Å². The predicted octanol–water partition coefficient (Wildman–Crippen LogP) is 2.30. The molecule has 1 saturated heterocycles. The van der Waals surface area contributed by atoms with Gasteiger partial charge in [-0.15, -0.1) is 0 Å². The van der Waals surface area contributed by atoms with E-state index < -0.39 is 27.4 Å². The lowest BCUT2D eigenvalue weighted by Crippen LogP contribution is -2.55. The number of rotatable bonds is 5. The lowest BCUT2D eigenvalue weighted by molar-refractivity contribution is -0.145. The first-order chi connectivity index (χ1) is 12.8. The van der Waals surface area contributed by atoms with E-state index in [2.05, 4.69) is 5.32 Å². The number of carbonyl (C=O) groups excluding carboxylic acids is 1. The lowest BCUT2D eigenvalue weighted by atomic mass is 9.81. The Labute approximate surface area is 159 Å². The zero-order valence-electron chi connectivity index (χ0n) is 15.5. The third-order valence-corrected chi connectivity index (χ3v) is 7.52. The van der Waals surface area contributed by atoms with Gasteiger partial charge in [-0.25, -0.2) is 13.2 Å². The Balaban J connectivity index is 1.89. The molecule has 1 aliphatic carbocycles. The second kappa shape index (κ2) is 7.59. The van der Waals surface area contributed by atoms with Gasteiger partial charge in [-0.3, -0.25) is 4.79 Å². The number of aliphatic carboxylic acids is 1. The van der Waals surface area contributed by atoms with Crippen LogP contribution in [0.1, 0.15) is 60.9 Å². The molecule has 2 aliphatic rings. The van der Waals surface area contributed by atoms with Crippen molar-refractivity contribution in [2.45, 2.75) is 62.3 Å². The Bertz CT molecular complexity index is 838. The third-order valence-electron chi connectivity index (χ3n) is 5.63. The van der Waals surface area contributed by atoms with Crippen molar-refractivity contribution in [3.05, 3.63) is 29.3 Å². The number of carbonyl (C=O) groups is 2. The summed E-state index contributed by atoms with van der Waals surface area (Å²) in [5, 5.41) is 12.4. The van der Waals surface area contributed by atoms with Gasteiger partial charge in [-0.1, -0.05) is 25.3 Å². The molecule has 27 heavy (non-hydrogen) atoms. The van der Waals surface area contributed by atoms with Crippen molar-refractivity contribution < 1.29 is 23.1 Å². The van der Waals surface area contributed by atoms with E-state index in [9.17, 15) is 23.1 Å². The first-order valence-corrected chi connectivity index (χ1v) is 10.9. The Hall–Kier alpha value is -1.93. The summed E-state index contributed by atoms with van der Waals surface area (Å²) in [5.74, 6) is -1.57. The van der Waals surface area contributed by atoms with Crippen LogP contribution in [0.15, 0.2) is 23.1 Å². The Kier molecular flexibility index (Phi) is 5.58. The zero-order valence-corrected chi connectivity index (χ0v) is 16.3. The molecule has 3 rings (SSSR count). The van der Waals surface area contributed by atoms with E-state index in [1.165, 1.54) is 16.4 Å². The molecular weight excluding hydrogens is 368 g/mol. The third kappa shape index (κ3) is 3.87. The number of hydrogen-bond acceptors (Lipinski definition) is 4. The van der Waals surface area contributed by atoms with Crippen LogP contribution < -0.4 is 5.32 Å². The molecule has 1 heterocycles. The maximum absolute atomic E-state index is 12.9. The van der Waals surface area contributed by atoms with Gasteiger partial charge in [0.1, 0.15) is 5.54 Å². The monoisotopic (exact) mass is 394 g/mol. The summed E-state index contributed by atoms with van der Waals surface area (Å²) in [6.07, 6.45) is 4.88. The second-order valence-electron chi connectivity index (χ2n) is 7.49. The fraction of sp³-hybridized carbons (Fsp3) is 0.579. The van der Waals surface area contributed by atoms with Crippen LogP contribution in [0.25, 0.3) is 0 Å². The molecule has 1 saturated carbocycles. The largest absolute Gasteiger partial charge is 0.480 e. The summed E-state index contributed by atoms with van der Waals surface area (Å²) < 4.78 is 27.0. The quantitative estimate of drug-likeness (QED) is 0.797.